The number of pyridine rings is 1. The molecule has 1 unspecified atom stereocenters. The van der Waals surface area contributed by atoms with Crippen molar-refractivity contribution in [3.8, 4) is 5.75 Å². The van der Waals surface area contributed by atoms with Crippen LogP contribution in [0, 0.1) is 0 Å². The first-order valence-corrected chi connectivity index (χ1v) is 7.93. The van der Waals surface area contributed by atoms with Gasteiger partial charge in [-0.15, -0.1) is 12.4 Å². The Morgan fingerprint density at radius 3 is 2.76 bits per heavy atom. The van der Waals surface area contributed by atoms with E-state index in [4.69, 9.17) is 4.74 Å². The lowest BCUT2D eigenvalue weighted by Gasteiger charge is -2.37. The predicted octanol–water partition coefficient (Wildman–Crippen LogP) is 1.60. The number of benzene rings is 1. The fourth-order valence-corrected chi connectivity index (χ4v) is 3.08. The normalized spacial score (nSPS) is 16.9. The Bertz CT molecular complexity index is 806. The van der Waals surface area contributed by atoms with Gasteiger partial charge in [0.25, 0.3) is 11.5 Å². The summed E-state index contributed by atoms with van der Waals surface area (Å²) in [5, 5.41) is 3.31. The van der Waals surface area contributed by atoms with Gasteiger partial charge in [-0.3, -0.25) is 9.59 Å². The average molecular weight is 364 g/mol. The molecule has 1 N–H and O–H groups in total. The first-order valence-electron chi connectivity index (χ1n) is 7.93. The summed E-state index contributed by atoms with van der Waals surface area (Å²) in [5.41, 5.74) is 0.856. The van der Waals surface area contributed by atoms with Crippen LogP contribution in [0.5, 0.6) is 5.75 Å². The summed E-state index contributed by atoms with van der Waals surface area (Å²) >= 11 is 0. The van der Waals surface area contributed by atoms with Gasteiger partial charge < -0.3 is 19.5 Å². The number of hydrogen-bond donors (Lipinski definition) is 1. The topological polar surface area (TPSA) is 63.6 Å². The summed E-state index contributed by atoms with van der Waals surface area (Å²) in [7, 11) is 3.27. The standard InChI is InChI=1S/C18H21N3O3.ClH/c1-20-10-5-7-14(17(20)22)18(23)21-11-9-19-12-15(21)13-6-3-4-8-16(13)24-2;/h3-8,10,15,19H,9,11-12H2,1-2H3;1H. The largest absolute Gasteiger partial charge is 0.496 e. The van der Waals surface area contributed by atoms with Crippen molar-refractivity contribution in [2.45, 2.75) is 6.04 Å². The molecule has 2 aromatic rings. The number of amides is 1. The lowest BCUT2D eigenvalue weighted by molar-refractivity contribution is 0.0629. The molecule has 0 saturated carbocycles. The Morgan fingerprint density at radius 2 is 2.00 bits per heavy atom. The zero-order chi connectivity index (χ0) is 17.1. The van der Waals surface area contributed by atoms with Crippen LogP contribution in [0.3, 0.4) is 0 Å². The van der Waals surface area contributed by atoms with Gasteiger partial charge in [-0.2, -0.15) is 0 Å². The summed E-state index contributed by atoms with van der Waals surface area (Å²) in [4.78, 5) is 27.0. The van der Waals surface area contributed by atoms with Gasteiger partial charge >= 0.3 is 0 Å². The van der Waals surface area contributed by atoms with Crippen LogP contribution in [-0.2, 0) is 7.05 Å². The number of piperazine rings is 1. The van der Waals surface area contributed by atoms with E-state index in [0.29, 0.717) is 19.6 Å². The van der Waals surface area contributed by atoms with Crippen LogP contribution >= 0.6 is 12.4 Å². The van der Waals surface area contributed by atoms with Crippen LogP contribution < -0.4 is 15.6 Å². The zero-order valence-electron chi connectivity index (χ0n) is 14.3. The summed E-state index contributed by atoms with van der Waals surface area (Å²) in [6.45, 7) is 1.86. The fourth-order valence-electron chi connectivity index (χ4n) is 3.08. The number of carbonyl (C=O) groups excluding carboxylic acids is 1. The number of ether oxygens (including phenoxy) is 1. The number of aromatic nitrogens is 1. The van der Waals surface area contributed by atoms with Crippen LogP contribution in [0.25, 0.3) is 0 Å². The molecule has 1 aromatic heterocycles. The van der Waals surface area contributed by atoms with Crippen LogP contribution in [0.1, 0.15) is 22.0 Å². The molecule has 0 radical (unpaired) electrons. The maximum absolute atomic E-state index is 13.0. The molecule has 1 saturated heterocycles. The van der Waals surface area contributed by atoms with E-state index in [2.05, 4.69) is 5.32 Å². The highest BCUT2D eigenvalue weighted by Crippen LogP contribution is 2.30. The Hall–Kier alpha value is -2.31. The van der Waals surface area contributed by atoms with Gasteiger partial charge in [-0.25, -0.2) is 0 Å². The summed E-state index contributed by atoms with van der Waals surface area (Å²) in [6, 6.07) is 10.8. The molecule has 0 aliphatic carbocycles. The fraction of sp³-hybridized carbons (Fsp3) is 0.333. The first kappa shape index (κ1) is 19.0. The second-order valence-electron chi connectivity index (χ2n) is 5.80. The van der Waals surface area contributed by atoms with E-state index in [1.807, 2.05) is 24.3 Å². The van der Waals surface area contributed by atoms with Crippen molar-refractivity contribution in [3.63, 3.8) is 0 Å². The molecule has 2 heterocycles. The van der Waals surface area contributed by atoms with Crippen molar-refractivity contribution in [3.05, 3.63) is 64.1 Å². The maximum atomic E-state index is 13.0. The molecule has 1 fully saturated rings. The van der Waals surface area contributed by atoms with Gasteiger partial charge in [0.05, 0.1) is 13.2 Å². The van der Waals surface area contributed by atoms with E-state index < -0.39 is 0 Å². The third kappa shape index (κ3) is 3.70. The molecule has 0 spiro atoms. The molecule has 1 atom stereocenters. The molecule has 25 heavy (non-hydrogen) atoms. The van der Waals surface area contributed by atoms with Crippen molar-refractivity contribution >= 4 is 18.3 Å². The zero-order valence-corrected chi connectivity index (χ0v) is 15.1. The van der Waals surface area contributed by atoms with Crippen molar-refractivity contribution in [1.82, 2.24) is 14.8 Å². The number of para-hydroxylation sites is 1. The minimum Gasteiger partial charge on any atom is -0.496 e. The van der Waals surface area contributed by atoms with Crippen LogP contribution in [0.2, 0.25) is 0 Å². The van der Waals surface area contributed by atoms with E-state index in [1.165, 1.54) is 4.57 Å². The smallest absolute Gasteiger partial charge is 0.263 e. The Balaban J connectivity index is 0.00000225. The van der Waals surface area contributed by atoms with Gasteiger partial charge in [0, 0.05) is 38.4 Å². The van der Waals surface area contributed by atoms with Crippen LogP contribution in [0.4, 0.5) is 0 Å². The maximum Gasteiger partial charge on any atom is 0.263 e. The molecule has 1 aromatic carbocycles. The van der Waals surface area contributed by atoms with E-state index in [0.717, 1.165) is 11.3 Å². The lowest BCUT2D eigenvalue weighted by Crippen LogP contribution is -2.49. The van der Waals surface area contributed by atoms with Gasteiger partial charge in [-0.1, -0.05) is 18.2 Å². The lowest BCUT2D eigenvalue weighted by atomic mass is 10.0. The molecule has 7 heteroatoms. The van der Waals surface area contributed by atoms with Crippen LogP contribution in [0.15, 0.2) is 47.4 Å². The van der Waals surface area contributed by atoms with E-state index >= 15 is 0 Å². The number of aryl methyl sites for hydroxylation is 1. The highest BCUT2D eigenvalue weighted by atomic mass is 35.5. The quantitative estimate of drug-likeness (QED) is 0.899. The van der Waals surface area contributed by atoms with Crippen LogP contribution in [-0.4, -0.2) is 42.1 Å². The Kier molecular flexibility index (Phi) is 6.22. The molecule has 0 bridgehead atoms. The minimum absolute atomic E-state index is 0. The number of halogens is 1. The molecule has 1 aliphatic rings. The average Bonchev–Trinajstić information content (AvgIpc) is 2.63. The predicted molar refractivity (Wildman–Crippen MR) is 98.6 cm³/mol. The molecular weight excluding hydrogens is 342 g/mol. The van der Waals surface area contributed by atoms with Gasteiger partial charge in [0.15, 0.2) is 0 Å². The summed E-state index contributed by atoms with van der Waals surface area (Å²) in [5.74, 6) is 0.499. The SMILES string of the molecule is COc1ccccc1C1CNCCN1C(=O)c1cccn(C)c1=O.Cl. The highest BCUT2D eigenvalue weighted by Gasteiger charge is 2.31. The van der Waals surface area contributed by atoms with Crippen molar-refractivity contribution in [2.24, 2.45) is 7.05 Å². The monoisotopic (exact) mass is 363 g/mol. The van der Waals surface area contributed by atoms with Crippen molar-refractivity contribution in [2.75, 3.05) is 26.7 Å². The highest BCUT2D eigenvalue weighted by molar-refractivity contribution is 5.94. The van der Waals surface area contributed by atoms with E-state index in [9.17, 15) is 9.59 Å². The van der Waals surface area contributed by atoms with Crippen molar-refractivity contribution < 1.29 is 9.53 Å². The molecule has 6 nitrogen and oxygen atoms in total. The molecule has 1 aliphatic heterocycles. The number of methoxy groups -OCH3 is 1. The number of nitrogens with one attached hydrogen (secondary N) is 1. The van der Waals surface area contributed by atoms with Gasteiger partial charge in [0.1, 0.15) is 11.3 Å². The van der Waals surface area contributed by atoms with Gasteiger partial charge in [0.2, 0.25) is 0 Å². The third-order valence-corrected chi connectivity index (χ3v) is 4.36. The van der Waals surface area contributed by atoms with E-state index in [-0.39, 0.29) is 35.5 Å². The summed E-state index contributed by atoms with van der Waals surface area (Å²) < 4.78 is 6.87. The third-order valence-electron chi connectivity index (χ3n) is 4.36. The number of nitrogens with zero attached hydrogens (tertiary/aromatic N) is 2. The first-order chi connectivity index (χ1) is 11.6. The molecular formula is C18H22ClN3O3. The number of carbonyl (C=O) groups is 1. The number of rotatable bonds is 3. The second-order valence-corrected chi connectivity index (χ2v) is 5.80. The second kappa shape index (κ2) is 8.18. The van der Waals surface area contributed by atoms with E-state index in [1.54, 1.807) is 37.4 Å². The number of hydrogen-bond acceptors (Lipinski definition) is 4. The Morgan fingerprint density at radius 1 is 1.24 bits per heavy atom. The summed E-state index contributed by atoms with van der Waals surface area (Å²) in [6.07, 6.45) is 1.65. The van der Waals surface area contributed by atoms with Crippen molar-refractivity contribution in [1.29, 1.82) is 0 Å². The molecule has 1 amide bonds. The molecule has 3 rings (SSSR count). The molecule has 134 valence electrons. The van der Waals surface area contributed by atoms with Gasteiger partial charge in [-0.05, 0) is 18.2 Å². The Labute approximate surface area is 152 Å². The minimum atomic E-state index is -0.278.